The first-order valence-corrected chi connectivity index (χ1v) is 12.5. The van der Waals surface area contributed by atoms with Crippen molar-refractivity contribution in [3.05, 3.63) is 64.2 Å². The summed E-state index contributed by atoms with van der Waals surface area (Å²) in [5, 5.41) is 3.28. The van der Waals surface area contributed by atoms with Gasteiger partial charge in [0.15, 0.2) is 0 Å². The van der Waals surface area contributed by atoms with Gasteiger partial charge >= 0.3 is 0 Å². The Morgan fingerprint density at radius 1 is 1.09 bits per heavy atom. The fourth-order valence-corrected chi connectivity index (χ4v) is 4.32. The summed E-state index contributed by atoms with van der Waals surface area (Å²) >= 11 is 5.96. The molecule has 9 heteroatoms. The van der Waals surface area contributed by atoms with E-state index >= 15 is 0 Å². The van der Waals surface area contributed by atoms with E-state index in [-0.39, 0.29) is 12.5 Å². The van der Waals surface area contributed by atoms with Gasteiger partial charge in [-0.1, -0.05) is 35.9 Å². The van der Waals surface area contributed by atoms with Gasteiger partial charge in [-0.25, -0.2) is 8.42 Å². The Kier molecular flexibility index (Phi) is 8.69. The molecule has 0 aliphatic heterocycles. The summed E-state index contributed by atoms with van der Waals surface area (Å²) in [5.74, 6) is -0.794. The molecule has 2 aromatic rings. The predicted octanol–water partition coefficient (Wildman–Crippen LogP) is 3.28. The number of hydrogen-bond donors (Lipinski definition) is 1. The Morgan fingerprint density at radius 2 is 1.72 bits per heavy atom. The minimum Gasteiger partial charge on any atom is -0.355 e. The van der Waals surface area contributed by atoms with Crippen molar-refractivity contribution in [3.63, 3.8) is 0 Å². The van der Waals surface area contributed by atoms with Crippen molar-refractivity contribution in [2.24, 2.45) is 0 Å². The van der Waals surface area contributed by atoms with Crippen LogP contribution in [0.3, 0.4) is 0 Å². The lowest BCUT2D eigenvalue weighted by Crippen LogP contribution is -2.51. The number of halogens is 1. The van der Waals surface area contributed by atoms with Crippen molar-refractivity contribution in [1.29, 1.82) is 0 Å². The van der Waals surface area contributed by atoms with E-state index in [0.717, 1.165) is 27.3 Å². The van der Waals surface area contributed by atoms with Gasteiger partial charge in [-0.15, -0.1) is 0 Å². The second-order valence-corrected chi connectivity index (χ2v) is 10.1. The average Bonchev–Trinajstić information content (AvgIpc) is 2.72. The molecule has 0 aromatic heterocycles. The molecule has 32 heavy (non-hydrogen) atoms. The van der Waals surface area contributed by atoms with Gasteiger partial charge in [0.05, 0.1) is 11.9 Å². The van der Waals surface area contributed by atoms with Crippen LogP contribution in [-0.2, 0) is 26.2 Å². The van der Waals surface area contributed by atoms with E-state index in [1.165, 1.54) is 4.90 Å². The maximum Gasteiger partial charge on any atom is 0.244 e. The number of nitrogens with one attached hydrogen (secondary N) is 1. The number of benzene rings is 2. The maximum absolute atomic E-state index is 13.4. The molecular formula is C23H30ClN3O4S. The van der Waals surface area contributed by atoms with Gasteiger partial charge in [0.1, 0.15) is 12.6 Å². The molecule has 0 saturated carbocycles. The number of amides is 2. The monoisotopic (exact) mass is 479 g/mol. The maximum atomic E-state index is 13.4. The lowest BCUT2D eigenvalue weighted by atomic mass is 10.1. The Labute approximate surface area is 195 Å². The number of likely N-dealkylation sites (N-methyl/N-ethyl adjacent to an activating group) is 1. The Bertz CT molecular complexity index is 1070. The highest BCUT2D eigenvalue weighted by atomic mass is 35.5. The van der Waals surface area contributed by atoms with Gasteiger partial charge in [0.2, 0.25) is 21.8 Å². The Morgan fingerprint density at radius 3 is 2.28 bits per heavy atom. The fraction of sp³-hybridized carbons (Fsp3) is 0.391. The smallest absolute Gasteiger partial charge is 0.244 e. The lowest BCUT2D eigenvalue weighted by Gasteiger charge is -2.32. The van der Waals surface area contributed by atoms with Crippen LogP contribution in [0, 0.1) is 13.8 Å². The predicted molar refractivity (Wildman–Crippen MR) is 128 cm³/mol. The van der Waals surface area contributed by atoms with Crippen LogP contribution in [0.1, 0.15) is 30.5 Å². The van der Waals surface area contributed by atoms with Crippen molar-refractivity contribution in [1.82, 2.24) is 10.2 Å². The van der Waals surface area contributed by atoms with E-state index in [1.807, 2.05) is 19.9 Å². The summed E-state index contributed by atoms with van der Waals surface area (Å²) in [6.45, 7) is 7.26. The molecule has 7 nitrogen and oxygen atoms in total. The van der Waals surface area contributed by atoms with Gasteiger partial charge in [-0.2, -0.15) is 0 Å². The molecule has 0 bridgehead atoms. The molecule has 1 atom stereocenters. The van der Waals surface area contributed by atoms with Crippen LogP contribution in [0.15, 0.2) is 42.5 Å². The molecule has 2 amide bonds. The third-order valence-electron chi connectivity index (χ3n) is 5.31. The van der Waals surface area contributed by atoms with E-state index in [1.54, 1.807) is 50.2 Å². The average molecular weight is 480 g/mol. The van der Waals surface area contributed by atoms with Crippen molar-refractivity contribution >= 4 is 39.1 Å². The molecule has 2 rings (SSSR count). The summed E-state index contributed by atoms with van der Waals surface area (Å²) in [7, 11) is -3.75. The number of sulfonamides is 1. The van der Waals surface area contributed by atoms with Gasteiger partial charge in [0.25, 0.3) is 0 Å². The molecule has 1 N–H and O–H groups in total. The first kappa shape index (κ1) is 25.7. The summed E-state index contributed by atoms with van der Waals surface area (Å²) in [4.78, 5) is 27.3. The van der Waals surface area contributed by atoms with E-state index in [9.17, 15) is 18.0 Å². The van der Waals surface area contributed by atoms with Gasteiger partial charge in [-0.05, 0) is 62.6 Å². The highest BCUT2D eigenvalue weighted by Crippen LogP contribution is 2.25. The molecule has 1 unspecified atom stereocenters. The molecule has 0 saturated heterocycles. The molecule has 0 fully saturated rings. The Balaban J connectivity index is 2.42. The first-order valence-electron chi connectivity index (χ1n) is 10.3. The fourth-order valence-electron chi connectivity index (χ4n) is 3.29. The number of aryl methyl sites for hydroxylation is 1. The summed E-state index contributed by atoms with van der Waals surface area (Å²) in [5.41, 5.74) is 2.90. The van der Waals surface area contributed by atoms with Gasteiger partial charge in [-0.3, -0.25) is 13.9 Å². The van der Waals surface area contributed by atoms with E-state index < -0.39 is 28.5 Å². The standard InChI is InChI=1S/C23H30ClN3O4S/c1-6-25-23(29)18(4)26(14-19-10-12-20(24)13-11-19)22(28)15-27(32(5,30)31)21-9-7-8-16(2)17(21)3/h7-13,18H,6,14-15H2,1-5H3,(H,25,29). The largest absolute Gasteiger partial charge is 0.355 e. The van der Waals surface area contributed by atoms with Crippen LogP contribution in [0.5, 0.6) is 0 Å². The minimum atomic E-state index is -3.75. The van der Waals surface area contributed by atoms with E-state index in [0.29, 0.717) is 17.3 Å². The molecule has 174 valence electrons. The van der Waals surface area contributed by atoms with Crippen LogP contribution in [-0.4, -0.2) is 50.5 Å². The molecule has 0 aliphatic carbocycles. The number of carbonyl (C=O) groups excluding carboxylic acids is 2. The SMILES string of the molecule is CCNC(=O)C(C)N(Cc1ccc(Cl)cc1)C(=O)CN(c1cccc(C)c1C)S(C)(=O)=O. The minimum absolute atomic E-state index is 0.138. The van der Waals surface area contributed by atoms with Crippen LogP contribution in [0.4, 0.5) is 5.69 Å². The van der Waals surface area contributed by atoms with Crippen molar-refractivity contribution in [3.8, 4) is 0 Å². The first-order chi connectivity index (χ1) is 15.0. The van der Waals surface area contributed by atoms with Gasteiger partial charge < -0.3 is 10.2 Å². The molecule has 2 aromatic carbocycles. The quantitative estimate of drug-likeness (QED) is 0.598. The van der Waals surface area contributed by atoms with Crippen LogP contribution in [0.25, 0.3) is 0 Å². The molecule has 0 radical (unpaired) electrons. The normalized spacial score (nSPS) is 12.2. The number of rotatable bonds is 9. The van der Waals surface area contributed by atoms with Crippen LogP contribution >= 0.6 is 11.6 Å². The van der Waals surface area contributed by atoms with E-state index in [2.05, 4.69) is 5.32 Å². The highest BCUT2D eigenvalue weighted by molar-refractivity contribution is 7.92. The van der Waals surface area contributed by atoms with E-state index in [4.69, 9.17) is 11.6 Å². The molecule has 0 heterocycles. The third kappa shape index (κ3) is 6.46. The van der Waals surface area contributed by atoms with Crippen molar-refractivity contribution < 1.29 is 18.0 Å². The summed E-state index contributed by atoms with van der Waals surface area (Å²) in [6, 6.07) is 11.5. The lowest BCUT2D eigenvalue weighted by molar-refractivity contribution is -0.139. The van der Waals surface area contributed by atoms with Crippen molar-refractivity contribution in [2.75, 3.05) is 23.7 Å². The zero-order valence-corrected chi connectivity index (χ0v) is 20.6. The zero-order valence-electron chi connectivity index (χ0n) is 19.1. The van der Waals surface area contributed by atoms with Crippen LogP contribution in [0.2, 0.25) is 5.02 Å². The van der Waals surface area contributed by atoms with Crippen LogP contribution < -0.4 is 9.62 Å². The topological polar surface area (TPSA) is 86.8 Å². The van der Waals surface area contributed by atoms with Crippen molar-refractivity contribution in [2.45, 2.75) is 40.3 Å². The third-order valence-corrected chi connectivity index (χ3v) is 6.69. The molecule has 0 aliphatic rings. The van der Waals surface area contributed by atoms with Gasteiger partial charge in [0, 0.05) is 18.1 Å². The number of nitrogens with zero attached hydrogens (tertiary/aromatic N) is 2. The molecule has 0 spiro atoms. The summed E-state index contributed by atoms with van der Waals surface area (Å²) in [6.07, 6.45) is 1.07. The number of carbonyl (C=O) groups is 2. The summed E-state index contributed by atoms with van der Waals surface area (Å²) < 4.78 is 26.3. The number of anilines is 1. The Hall–Kier alpha value is -2.58. The zero-order chi connectivity index (χ0) is 24.1. The number of hydrogen-bond acceptors (Lipinski definition) is 4. The highest BCUT2D eigenvalue weighted by Gasteiger charge is 2.30. The molecular weight excluding hydrogens is 450 g/mol. The second kappa shape index (κ2) is 10.8. The second-order valence-electron chi connectivity index (χ2n) is 7.71.